The Morgan fingerprint density at radius 2 is 1.88 bits per heavy atom. The fourth-order valence-electron chi connectivity index (χ4n) is 1.41. The fourth-order valence-corrected chi connectivity index (χ4v) is 2.51. The molecule has 17 heavy (non-hydrogen) atoms. The molecule has 1 N–H and O–H groups in total. The van der Waals surface area contributed by atoms with Crippen molar-refractivity contribution in [2.45, 2.75) is 16.4 Å². The summed E-state index contributed by atoms with van der Waals surface area (Å²) in [6.45, 7) is -0.0572. The molecule has 0 atom stereocenters. The minimum atomic E-state index is -0.352. The second-order valence-corrected chi connectivity index (χ2v) is 4.96. The van der Waals surface area contributed by atoms with Gasteiger partial charge in [-0.05, 0) is 29.8 Å². The van der Waals surface area contributed by atoms with Gasteiger partial charge in [0.05, 0.1) is 6.61 Å². The van der Waals surface area contributed by atoms with Crippen LogP contribution in [0, 0.1) is 5.82 Å². The van der Waals surface area contributed by atoms with Crippen LogP contribution in [0.25, 0.3) is 0 Å². The normalized spacial score (nSPS) is 10.5. The summed E-state index contributed by atoms with van der Waals surface area (Å²) in [5, 5.41) is 9.56. The Morgan fingerprint density at radius 3 is 2.59 bits per heavy atom. The van der Waals surface area contributed by atoms with Crippen molar-refractivity contribution in [1.82, 2.24) is 0 Å². The Morgan fingerprint density at radius 1 is 1.12 bits per heavy atom. The van der Waals surface area contributed by atoms with Gasteiger partial charge in [0.15, 0.2) is 0 Å². The molecule has 0 bridgehead atoms. The van der Waals surface area contributed by atoms with E-state index in [0.29, 0.717) is 9.92 Å². The Labute approximate surface area is 108 Å². The number of hydrogen-bond donors (Lipinski definition) is 1. The van der Waals surface area contributed by atoms with Gasteiger partial charge in [0.1, 0.15) is 5.82 Å². The summed E-state index contributed by atoms with van der Waals surface area (Å²) in [4.78, 5) is 1.34. The molecule has 0 aliphatic carbocycles. The summed E-state index contributed by atoms with van der Waals surface area (Å²) >= 11 is 6.97. The van der Waals surface area contributed by atoms with Crippen LogP contribution < -0.4 is 0 Å². The molecule has 0 radical (unpaired) electrons. The quantitative estimate of drug-likeness (QED) is 0.903. The van der Waals surface area contributed by atoms with E-state index in [1.807, 2.05) is 24.3 Å². The lowest BCUT2D eigenvalue weighted by atomic mass is 10.2. The molecule has 0 fully saturated rings. The lowest BCUT2D eigenvalue weighted by Crippen LogP contribution is -1.88. The minimum absolute atomic E-state index is 0.0572. The third kappa shape index (κ3) is 3.00. The minimum Gasteiger partial charge on any atom is -0.392 e. The molecule has 2 rings (SSSR count). The van der Waals surface area contributed by atoms with E-state index < -0.39 is 0 Å². The average molecular weight is 269 g/mol. The molecule has 0 spiro atoms. The van der Waals surface area contributed by atoms with Crippen molar-refractivity contribution in [2.24, 2.45) is 0 Å². The third-order valence-electron chi connectivity index (χ3n) is 2.26. The first kappa shape index (κ1) is 12.4. The number of benzene rings is 2. The molecule has 0 aromatic heterocycles. The van der Waals surface area contributed by atoms with Crippen LogP contribution in [0.4, 0.5) is 4.39 Å². The van der Waals surface area contributed by atoms with Gasteiger partial charge in [-0.15, -0.1) is 0 Å². The Kier molecular flexibility index (Phi) is 4.05. The van der Waals surface area contributed by atoms with E-state index in [1.165, 1.54) is 17.8 Å². The van der Waals surface area contributed by atoms with Crippen LogP contribution in [-0.4, -0.2) is 5.11 Å². The second-order valence-electron chi connectivity index (χ2n) is 3.44. The van der Waals surface area contributed by atoms with E-state index >= 15 is 0 Å². The highest BCUT2D eigenvalue weighted by atomic mass is 35.5. The average Bonchev–Trinajstić information content (AvgIpc) is 2.33. The summed E-state index contributed by atoms with van der Waals surface area (Å²) in [7, 11) is 0. The van der Waals surface area contributed by atoms with Gasteiger partial charge in [0.2, 0.25) is 0 Å². The van der Waals surface area contributed by atoms with E-state index in [1.54, 1.807) is 12.1 Å². The first-order valence-electron chi connectivity index (χ1n) is 5.02. The van der Waals surface area contributed by atoms with Crippen LogP contribution in [0.1, 0.15) is 5.56 Å². The summed E-state index contributed by atoms with van der Waals surface area (Å²) in [6, 6.07) is 11.9. The van der Waals surface area contributed by atoms with E-state index in [-0.39, 0.29) is 12.4 Å². The highest BCUT2D eigenvalue weighted by Crippen LogP contribution is 2.33. The van der Waals surface area contributed by atoms with Crippen molar-refractivity contribution in [1.29, 1.82) is 0 Å². The van der Waals surface area contributed by atoms with Crippen LogP contribution >= 0.6 is 23.4 Å². The van der Waals surface area contributed by atoms with Gasteiger partial charge in [-0.1, -0.05) is 41.6 Å². The zero-order valence-electron chi connectivity index (χ0n) is 8.86. The van der Waals surface area contributed by atoms with Crippen LogP contribution in [0.15, 0.2) is 52.3 Å². The van der Waals surface area contributed by atoms with E-state index in [9.17, 15) is 9.50 Å². The number of aliphatic hydroxyl groups excluding tert-OH is 1. The van der Waals surface area contributed by atoms with Gasteiger partial charge in [-0.2, -0.15) is 0 Å². The van der Waals surface area contributed by atoms with Crippen molar-refractivity contribution >= 4 is 23.4 Å². The molecule has 1 nitrogen and oxygen atoms in total. The van der Waals surface area contributed by atoms with Crippen molar-refractivity contribution in [3.05, 3.63) is 58.9 Å². The largest absolute Gasteiger partial charge is 0.392 e. The standard InChI is InChI=1S/C13H10ClFOS/c14-10-5-6-13(11(15)7-10)17-12-4-2-1-3-9(12)8-16/h1-7,16H,8H2. The lowest BCUT2D eigenvalue weighted by molar-refractivity contribution is 0.279. The molecule has 0 amide bonds. The molecule has 2 aromatic rings. The van der Waals surface area contributed by atoms with Crippen molar-refractivity contribution in [3.8, 4) is 0 Å². The first-order chi connectivity index (χ1) is 8.20. The number of aliphatic hydroxyl groups is 1. The highest BCUT2D eigenvalue weighted by molar-refractivity contribution is 7.99. The molecule has 2 aromatic carbocycles. The van der Waals surface area contributed by atoms with Crippen LogP contribution in [-0.2, 0) is 6.61 Å². The maximum Gasteiger partial charge on any atom is 0.138 e. The maximum absolute atomic E-state index is 13.6. The van der Waals surface area contributed by atoms with E-state index in [0.717, 1.165) is 10.5 Å². The van der Waals surface area contributed by atoms with E-state index in [2.05, 4.69) is 0 Å². The number of hydrogen-bond acceptors (Lipinski definition) is 2. The third-order valence-corrected chi connectivity index (χ3v) is 3.66. The molecular formula is C13H10ClFOS. The van der Waals surface area contributed by atoms with Crippen molar-refractivity contribution in [2.75, 3.05) is 0 Å². The Bertz CT molecular complexity index is 531. The zero-order valence-corrected chi connectivity index (χ0v) is 10.4. The second kappa shape index (κ2) is 5.54. The fraction of sp³-hybridized carbons (Fsp3) is 0.0769. The van der Waals surface area contributed by atoms with Crippen LogP contribution in [0.5, 0.6) is 0 Å². The molecule has 4 heteroatoms. The predicted octanol–water partition coefficient (Wildman–Crippen LogP) is 4.12. The molecule has 0 unspecified atom stereocenters. The molecular weight excluding hydrogens is 259 g/mol. The van der Waals surface area contributed by atoms with Gasteiger partial charge in [0, 0.05) is 14.8 Å². The molecule has 88 valence electrons. The maximum atomic E-state index is 13.6. The predicted molar refractivity (Wildman–Crippen MR) is 67.9 cm³/mol. The SMILES string of the molecule is OCc1ccccc1Sc1ccc(Cl)cc1F. The van der Waals surface area contributed by atoms with E-state index in [4.69, 9.17) is 11.6 Å². The molecule has 0 aliphatic heterocycles. The van der Waals surface area contributed by atoms with Gasteiger partial charge < -0.3 is 5.11 Å². The van der Waals surface area contributed by atoms with Gasteiger partial charge in [-0.3, -0.25) is 0 Å². The van der Waals surface area contributed by atoms with Gasteiger partial charge in [-0.25, -0.2) is 4.39 Å². The monoisotopic (exact) mass is 268 g/mol. The smallest absolute Gasteiger partial charge is 0.138 e. The van der Waals surface area contributed by atoms with Gasteiger partial charge in [0.25, 0.3) is 0 Å². The van der Waals surface area contributed by atoms with Crippen molar-refractivity contribution < 1.29 is 9.50 Å². The Balaban J connectivity index is 2.31. The number of halogens is 2. The Hall–Kier alpha value is -1.03. The van der Waals surface area contributed by atoms with Crippen LogP contribution in [0.3, 0.4) is 0 Å². The van der Waals surface area contributed by atoms with Gasteiger partial charge >= 0.3 is 0 Å². The summed E-state index contributed by atoms with van der Waals surface area (Å²) in [5.74, 6) is -0.352. The zero-order chi connectivity index (χ0) is 12.3. The van der Waals surface area contributed by atoms with Crippen molar-refractivity contribution in [3.63, 3.8) is 0 Å². The first-order valence-corrected chi connectivity index (χ1v) is 6.22. The lowest BCUT2D eigenvalue weighted by Gasteiger charge is -2.07. The topological polar surface area (TPSA) is 20.2 Å². The summed E-state index contributed by atoms with van der Waals surface area (Å²) in [5.41, 5.74) is 0.784. The molecule has 0 saturated carbocycles. The molecule has 0 saturated heterocycles. The molecule has 0 aliphatic rings. The number of rotatable bonds is 3. The molecule has 0 heterocycles. The summed E-state index contributed by atoms with van der Waals surface area (Å²) in [6.07, 6.45) is 0. The highest BCUT2D eigenvalue weighted by Gasteiger charge is 2.07. The van der Waals surface area contributed by atoms with Crippen LogP contribution in [0.2, 0.25) is 5.02 Å². The summed E-state index contributed by atoms with van der Waals surface area (Å²) < 4.78 is 13.6.